The number of likely N-dealkylation sites (tertiary alicyclic amines) is 1. The Morgan fingerprint density at radius 1 is 1.06 bits per heavy atom. The summed E-state index contributed by atoms with van der Waals surface area (Å²) in [5, 5.41) is 13.8. The molecule has 1 aliphatic heterocycles. The summed E-state index contributed by atoms with van der Waals surface area (Å²) in [6, 6.07) is 20.3. The highest BCUT2D eigenvalue weighted by Gasteiger charge is 2.30. The smallest absolute Gasteiger partial charge is 0.138 e. The molecule has 5 heteroatoms. The molecule has 0 amide bonds. The van der Waals surface area contributed by atoms with E-state index in [4.69, 9.17) is 21.1 Å². The minimum absolute atomic E-state index is 0.0799. The van der Waals surface area contributed by atoms with Crippen molar-refractivity contribution in [2.24, 2.45) is 0 Å². The zero-order valence-electron chi connectivity index (χ0n) is 18.8. The first-order valence-corrected chi connectivity index (χ1v) is 11.8. The molecule has 32 heavy (non-hydrogen) atoms. The van der Waals surface area contributed by atoms with Crippen molar-refractivity contribution in [3.8, 4) is 5.75 Å². The highest BCUT2D eigenvalue weighted by molar-refractivity contribution is 6.37. The Kier molecular flexibility index (Phi) is 7.69. The Labute approximate surface area is 195 Å². The first-order chi connectivity index (χ1) is 15.6. The van der Waals surface area contributed by atoms with E-state index < -0.39 is 6.10 Å². The zero-order valence-corrected chi connectivity index (χ0v) is 19.6. The van der Waals surface area contributed by atoms with Crippen LogP contribution in [-0.2, 0) is 11.3 Å². The maximum atomic E-state index is 11.2. The van der Waals surface area contributed by atoms with Gasteiger partial charge in [-0.3, -0.25) is 4.90 Å². The van der Waals surface area contributed by atoms with Crippen LogP contribution in [0.3, 0.4) is 0 Å². The number of hydrogen-bond acceptors (Lipinski definition) is 4. The summed E-state index contributed by atoms with van der Waals surface area (Å²) in [6.45, 7) is 4.68. The fourth-order valence-corrected chi connectivity index (χ4v) is 5.01. The van der Waals surface area contributed by atoms with Crippen molar-refractivity contribution in [1.29, 1.82) is 0 Å². The van der Waals surface area contributed by atoms with Gasteiger partial charge in [0.25, 0.3) is 0 Å². The Balaban J connectivity index is 1.39. The second-order valence-corrected chi connectivity index (χ2v) is 8.89. The number of nitrogens with zero attached hydrogens (tertiary/aromatic N) is 1. The highest BCUT2D eigenvalue weighted by Crippen LogP contribution is 2.35. The van der Waals surface area contributed by atoms with E-state index >= 15 is 0 Å². The molecule has 0 bridgehead atoms. The molecule has 2 unspecified atom stereocenters. The molecule has 2 atom stereocenters. The molecule has 170 valence electrons. The maximum absolute atomic E-state index is 11.2. The quantitative estimate of drug-likeness (QED) is 0.454. The number of hydrogen-bond donors (Lipinski definition) is 1. The van der Waals surface area contributed by atoms with Gasteiger partial charge < -0.3 is 14.6 Å². The van der Waals surface area contributed by atoms with Crippen LogP contribution >= 0.6 is 11.6 Å². The highest BCUT2D eigenvalue weighted by atomic mass is 35.5. The summed E-state index contributed by atoms with van der Waals surface area (Å²) in [4.78, 5) is 2.41. The van der Waals surface area contributed by atoms with E-state index in [0.29, 0.717) is 17.4 Å². The molecule has 0 saturated carbocycles. The lowest BCUT2D eigenvalue weighted by Crippen LogP contribution is -2.45. The maximum Gasteiger partial charge on any atom is 0.138 e. The van der Waals surface area contributed by atoms with E-state index in [2.05, 4.69) is 24.0 Å². The predicted octanol–water partition coefficient (Wildman–Crippen LogP) is 6.00. The molecular weight excluding hydrogens is 422 g/mol. The van der Waals surface area contributed by atoms with Gasteiger partial charge in [-0.2, -0.15) is 0 Å². The topological polar surface area (TPSA) is 41.9 Å². The lowest BCUT2D eigenvalue weighted by Gasteiger charge is -2.39. The van der Waals surface area contributed by atoms with E-state index in [0.717, 1.165) is 48.7 Å². The third kappa shape index (κ3) is 5.10. The van der Waals surface area contributed by atoms with Gasteiger partial charge in [0.15, 0.2) is 0 Å². The second kappa shape index (κ2) is 10.7. The van der Waals surface area contributed by atoms with E-state index in [1.807, 2.05) is 48.5 Å². The molecule has 0 spiro atoms. The molecule has 3 aromatic carbocycles. The van der Waals surface area contributed by atoms with Gasteiger partial charge in [0.1, 0.15) is 5.75 Å². The van der Waals surface area contributed by atoms with Crippen molar-refractivity contribution < 1.29 is 14.6 Å². The fraction of sp³-hybridized carbons (Fsp3) is 0.407. The summed E-state index contributed by atoms with van der Waals surface area (Å²) in [5.41, 5.74) is 2.14. The number of aliphatic hydroxyl groups is 1. The van der Waals surface area contributed by atoms with Crippen molar-refractivity contribution in [3.63, 3.8) is 0 Å². The zero-order chi connectivity index (χ0) is 22.5. The van der Waals surface area contributed by atoms with E-state index in [-0.39, 0.29) is 12.1 Å². The number of piperidine rings is 1. The lowest BCUT2D eigenvalue weighted by molar-refractivity contribution is -0.0313. The minimum atomic E-state index is -0.549. The molecular formula is C27H32ClNO3. The van der Waals surface area contributed by atoms with Crippen molar-refractivity contribution in [2.75, 3.05) is 20.2 Å². The molecule has 0 aromatic heterocycles. The van der Waals surface area contributed by atoms with Gasteiger partial charge in [-0.15, -0.1) is 0 Å². The summed E-state index contributed by atoms with van der Waals surface area (Å²) in [6.07, 6.45) is 2.59. The van der Waals surface area contributed by atoms with Crippen molar-refractivity contribution in [2.45, 2.75) is 51.0 Å². The lowest BCUT2D eigenvalue weighted by atomic mass is 9.94. The van der Waals surface area contributed by atoms with E-state index in [1.165, 1.54) is 5.56 Å². The van der Waals surface area contributed by atoms with Crippen LogP contribution in [0.25, 0.3) is 10.8 Å². The number of methoxy groups -OCH3 is 1. The molecule has 4 nitrogen and oxygen atoms in total. The van der Waals surface area contributed by atoms with Gasteiger partial charge in [-0.05, 0) is 47.9 Å². The molecule has 1 heterocycles. The van der Waals surface area contributed by atoms with E-state index in [1.54, 1.807) is 7.11 Å². The number of halogens is 1. The molecule has 0 radical (unpaired) electrons. The van der Waals surface area contributed by atoms with Crippen molar-refractivity contribution >= 4 is 22.4 Å². The van der Waals surface area contributed by atoms with Crippen LogP contribution in [0.4, 0.5) is 0 Å². The molecule has 3 aromatic rings. The van der Waals surface area contributed by atoms with E-state index in [9.17, 15) is 5.11 Å². The number of benzene rings is 3. The second-order valence-electron chi connectivity index (χ2n) is 8.51. The van der Waals surface area contributed by atoms with Crippen LogP contribution in [0, 0.1) is 0 Å². The Morgan fingerprint density at radius 3 is 2.50 bits per heavy atom. The molecule has 1 aliphatic rings. The SMILES string of the molecule is CCC(C(O)c1ccc2c(Cl)c(OC)ccc2c1)N1CCC(OCc2ccccc2)CC1. The van der Waals surface area contributed by atoms with Gasteiger partial charge in [-0.25, -0.2) is 0 Å². The van der Waals surface area contributed by atoms with Gasteiger partial charge in [0, 0.05) is 24.5 Å². The summed E-state index contributed by atoms with van der Waals surface area (Å²) in [5.74, 6) is 0.663. The standard InChI is InChI=1S/C27H32ClNO3/c1-3-24(29-15-13-22(14-16-29)32-18-19-7-5-4-6-8-19)27(30)21-9-11-23-20(17-21)10-12-25(31-2)26(23)28/h4-12,17,22,24,27,30H,3,13-16,18H2,1-2H3. The number of fused-ring (bicyclic) bond motifs is 1. The number of aliphatic hydroxyl groups excluding tert-OH is 1. The Bertz CT molecular complexity index is 1020. The van der Waals surface area contributed by atoms with Gasteiger partial charge in [-0.1, -0.05) is 67.1 Å². The largest absolute Gasteiger partial charge is 0.495 e. The van der Waals surface area contributed by atoms with Crippen LogP contribution in [-0.4, -0.2) is 42.4 Å². The van der Waals surface area contributed by atoms with Crippen LogP contribution < -0.4 is 4.74 Å². The molecule has 0 aliphatic carbocycles. The minimum Gasteiger partial charge on any atom is -0.495 e. The third-order valence-corrected chi connectivity index (χ3v) is 6.95. The van der Waals surface area contributed by atoms with Crippen LogP contribution in [0.2, 0.25) is 5.02 Å². The molecule has 1 fully saturated rings. The summed E-state index contributed by atoms with van der Waals surface area (Å²) >= 11 is 6.46. The Morgan fingerprint density at radius 2 is 1.81 bits per heavy atom. The van der Waals surface area contributed by atoms with Crippen molar-refractivity contribution in [3.05, 3.63) is 76.8 Å². The molecule has 4 rings (SSSR count). The van der Waals surface area contributed by atoms with Crippen LogP contribution in [0.5, 0.6) is 5.75 Å². The van der Waals surface area contributed by atoms with Gasteiger partial charge in [0.2, 0.25) is 0 Å². The number of rotatable bonds is 8. The Hall–Kier alpha value is -2.11. The van der Waals surface area contributed by atoms with Gasteiger partial charge >= 0.3 is 0 Å². The monoisotopic (exact) mass is 453 g/mol. The summed E-state index contributed by atoms with van der Waals surface area (Å²) < 4.78 is 11.5. The normalized spacial score (nSPS) is 17.4. The summed E-state index contributed by atoms with van der Waals surface area (Å²) in [7, 11) is 1.62. The third-order valence-electron chi connectivity index (χ3n) is 6.56. The predicted molar refractivity (Wildman–Crippen MR) is 130 cm³/mol. The fourth-order valence-electron chi connectivity index (χ4n) is 4.70. The molecule has 1 saturated heterocycles. The average Bonchev–Trinajstić information content (AvgIpc) is 2.84. The van der Waals surface area contributed by atoms with Crippen LogP contribution in [0.1, 0.15) is 43.4 Å². The average molecular weight is 454 g/mol. The molecule has 1 N–H and O–H groups in total. The first-order valence-electron chi connectivity index (χ1n) is 11.4. The number of ether oxygens (including phenoxy) is 2. The van der Waals surface area contributed by atoms with Crippen molar-refractivity contribution in [1.82, 2.24) is 4.90 Å². The van der Waals surface area contributed by atoms with Crippen LogP contribution in [0.15, 0.2) is 60.7 Å². The first kappa shape index (κ1) is 23.1. The van der Waals surface area contributed by atoms with Gasteiger partial charge in [0.05, 0.1) is 30.9 Å².